The molecule has 2 N–H and O–H groups in total. The van der Waals surface area contributed by atoms with E-state index in [1.165, 1.54) is 42.7 Å². The first-order valence-electron chi connectivity index (χ1n) is 9.05. The maximum absolute atomic E-state index is 4.73. The first-order chi connectivity index (χ1) is 11.3. The Morgan fingerprint density at radius 1 is 1.29 bits per heavy atom. The van der Waals surface area contributed by atoms with E-state index >= 15 is 0 Å². The van der Waals surface area contributed by atoms with Gasteiger partial charge in [-0.1, -0.05) is 0 Å². The summed E-state index contributed by atoms with van der Waals surface area (Å²) in [6.45, 7) is 9.40. The minimum absolute atomic E-state index is 0. The molecular formula is C18H31IN4S. The van der Waals surface area contributed by atoms with Crippen molar-refractivity contribution in [1.82, 2.24) is 15.5 Å². The Kier molecular flexibility index (Phi) is 8.30. The molecule has 24 heavy (non-hydrogen) atoms. The van der Waals surface area contributed by atoms with Crippen LogP contribution in [0.5, 0.6) is 0 Å². The van der Waals surface area contributed by atoms with Gasteiger partial charge in [-0.05, 0) is 62.5 Å². The quantitative estimate of drug-likeness (QED) is 0.335. The van der Waals surface area contributed by atoms with E-state index in [1.54, 1.807) is 11.3 Å². The van der Waals surface area contributed by atoms with Crippen LogP contribution in [0.2, 0.25) is 0 Å². The molecule has 0 radical (unpaired) electrons. The van der Waals surface area contributed by atoms with Crippen LogP contribution in [-0.4, -0.2) is 43.1 Å². The van der Waals surface area contributed by atoms with Crippen LogP contribution >= 0.6 is 35.3 Å². The van der Waals surface area contributed by atoms with E-state index in [0.29, 0.717) is 0 Å². The van der Waals surface area contributed by atoms with Crippen molar-refractivity contribution in [3.05, 3.63) is 21.9 Å². The van der Waals surface area contributed by atoms with Gasteiger partial charge in [0.2, 0.25) is 0 Å². The molecule has 1 aromatic rings. The van der Waals surface area contributed by atoms with Gasteiger partial charge in [-0.15, -0.1) is 35.3 Å². The molecule has 0 bridgehead atoms. The van der Waals surface area contributed by atoms with Crippen LogP contribution < -0.4 is 10.6 Å². The standard InChI is InChI=1S/C18H30N4S.HI/c1-3-19-18(21-12-17-14(2)8-11-23-17)20-9-10-22(16-6-7-16)13-15-4-5-15;/h8,11,15-16H,3-7,9-10,12-13H2,1-2H3,(H2,19,20,21);1H. The number of aliphatic imine (C=N–C) groups is 1. The third-order valence-electron chi connectivity index (χ3n) is 4.64. The number of nitrogens with zero attached hydrogens (tertiary/aromatic N) is 2. The molecule has 4 nitrogen and oxygen atoms in total. The Labute approximate surface area is 167 Å². The van der Waals surface area contributed by atoms with Crippen LogP contribution in [0.3, 0.4) is 0 Å². The smallest absolute Gasteiger partial charge is 0.191 e. The van der Waals surface area contributed by atoms with Crippen LogP contribution in [0, 0.1) is 12.8 Å². The van der Waals surface area contributed by atoms with Crippen molar-refractivity contribution < 1.29 is 0 Å². The molecule has 2 aliphatic carbocycles. The van der Waals surface area contributed by atoms with Gasteiger partial charge < -0.3 is 10.6 Å². The molecule has 0 unspecified atom stereocenters. The summed E-state index contributed by atoms with van der Waals surface area (Å²) >= 11 is 1.79. The topological polar surface area (TPSA) is 39.7 Å². The first kappa shape index (κ1) is 20.0. The fourth-order valence-corrected chi connectivity index (χ4v) is 3.70. The highest BCUT2D eigenvalue weighted by Crippen LogP contribution is 2.34. The lowest BCUT2D eigenvalue weighted by molar-refractivity contribution is 0.256. The van der Waals surface area contributed by atoms with Gasteiger partial charge in [0, 0.05) is 37.1 Å². The van der Waals surface area contributed by atoms with Crippen molar-refractivity contribution in [2.45, 2.75) is 52.1 Å². The fourth-order valence-electron chi connectivity index (χ4n) is 2.87. The molecule has 2 aliphatic rings. The van der Waals surface area contributed by atoms with E-state index < -0.39 is 0 Å². The number of guanidine groups is 1. The SMILES string of the molecule is CCNC(=NCc1sccc1C)NCCN(CC1CC1)C1CC1.I. The van der Waals surface area contributed by atoms with Crippen molar-refractivity contribution in [2.24, 2.45) is 10.9 Å². The molecule has 2 fully saturated rings. The zero-order chi connectivity index (χ0) is 16.1. The normalized spacial score (nSPS) is 17.7. The second-order valence-electron chi connectivity index (χ2n) is 6.82. The van der Waals surface area contributed by atoms with Crippen molar-refractivity contribution >= 4 is 41.3 Å². The predicted molar refractivity (Wildman–Crippen MR) is 115 cm³/mol. The molecule has 2 saturated carbocycles. The van der Waals surface area contributed by atoms with Crippen LogP contribution in [0.4, 0.5) is 0 Å². The van der Waals surface area contributed by atoms with E-state index in [9.17, 15) is 0 Å². The molecule has 0 saturated heterocycles. The van der Waals surface area contributed by atoms with Crippen LogP contribution in [0.15, 0.2) is 16.4 Å². The van der Waals surface area contributed by atoms with Gasteiger partial charge in [0.1, 0.15) is 0 Å². The zero-order valence-corrected chi connectivity index (χ0v) is 18.0. The van der Waals surface area contributed by atoms with Crippen molar-refractivity contribution in [1.29, 1.82) is 0 Å². The lowest BCUT2D eigenvalue weighted by Gasteiger charge is -2.22. The number of rotatable bonds is 9. The summed E-state index contributed by atoms with van der Waals surface area (Å²) in [6, 6.07) is 3.03. The fraction of sp³-hybridized carbons (Fsp3) is 0.722. The highest BCUT2D eigenvalue weighted by molar-refractivity contribution is 14.0. The van der Waals surface area contributed by atoms with E-state index in [4.69, 9.17) is 4.99 Å². The average Bonchev–Trinajstić information content (AvgIpc) is 3.43. The summed E-state index contributed by atoms with van der Waals surface area (Å²) in [6.07, 6.45) is 5.69. The Morgan fingerprint density at radius 3 is 2.67 bits per heavy atom. The van der Waals surface area contributed by atoms with E-state index in [1.807, 2.05) is 0 Å². The zero-order valence-electron chi connectivity index (χ0n) is 14.9. The Morgan fingerprint density at radius 2 is 2.08 bits per heavy atom. The second-order valence-corrected chi connectivity index (χ2v) is 7.82. The maximum atomic E-state index is 4.73. The Bertz CT molecular complexity index is 523. The van der Waals surface area contributed by atoms with Gasteiger partial charge in [0.25, 0.3) is 0 Å². The van der Waals surface area contributed by atoms with Crippen molar-refractivity contribution in [3.8, 4) is 0 Å². The van der Waals surface area contributed by atoms with Crippen LogP contribution in [-0.2, 0) is 6.54 Å². The van der Waals surface area contributed by atoms with Gasteiger partial charge in [0.05, 0.1) is 6.54 Å². The summed E-state index contributed by atoms with van der Waals surface area (Å²) in [5.41, 5.74) is 1.35. The molecule has 1 aromatic heterocycles. The highest BCUT2D eigenvalue weighted by atomic mass is 127. The van der Waals surface area contributed by atoms with Crippen molar-refractivity contribution in [3.63, 3.8) is 0 Å². The molecule has 1 heterocycles. The third-order valence-corrected chi connectivity index (χ3v) is 5.65. The lowest BCUT2D eigenvalue weighted by atomic mass is 10.3. The largest absolute Gasteiger partial charge is 0.357 e. The maximum Gasteiger partial charge on any atom is 0.191 e. The lowest BCUT2D eigenvalue weighted by Crippen LogP contribution is -2.42. The Hall–Kier alpha value is -0.340. The summed E-state index contributed by atoms with van der Waals surface area (Å²) in [5, 5.41) is 9.02. The Balaban J connectivity index is 0.00000208. The van der Waals surface area contributed by atoms with Crippen LogP contribution in [0.1, 0.15) is 43.0 Å². The van der Waals surface area contributed by atoms with Crippen molar-refractivity contribution in [2.75, 3.05) is 26.2 Å². The van der Waals surface area contributed by atoms with Gasteiger partial charge in [-0.25, -0.2) is 4.99 Å². The van der Waals surface area contributed by atoms with Gasteiger partial charge in [-0.2, -0.15) is 0 Å². The number of hydrogen-bond donors (Lipinski definition) is 2. The average molecular weight is 462 g/mol. The molecule has 3 rings (SSSR count). The van der Waals surface area contributed by atoms with E-state index in [2.05, 4.69) is 40.8 Å². The van der Waals surface area contributed by atoms with E-state index in [0.717, 1.165) is 44.1 Å². The first-order valence-corrected chi connectivity index (χ1v) is 9.93. The highest BCUT2D eigenvalue weighted by Gasteiger charge is 2.33. The molecule has 0 atom stereocenters. The van der Waals surface area contributed by atoms with Gasteiger partial charge >= 0.3 is 0 Å². The number of thiophene rings is 1. The van der Waals surface area contributed by atoms with Gasteiger partial charge in [0.15, 0.2) is 5.96 Å². The van der Waals surface area contributed by atoms with E-state index in [-0.39, 0.29) is 24.0 Å². The number of aryl methyl sites for hydroxylation is 1. The predicted octanol–water partition coefficient (Wildman–Crippen LogP) is 3.60. The minimum Gasteiger partial charge on any atom is -0.357 e. The molecular weight excluding hydrogens is 431 g/mol. The molecule has 6 heteroatoms. The third kappa shape index (κ3) is 6.52. The molecule has 0 aliphatic heterocycles. The number of nitrogens with one attached hydrogen (secondary N) is 2. The monoisotopic (exact) mass is 462 g/mol. The summed E-state index contributed by atoms with van der Waals surface area (Å²) in [4.78, 5) is 8.78. The van der Waals surface area contributed by atoms with Gasteiger partial charge in [-0.3, -0.25) is 4.90 Å². The number of halogens is 1. The second kappa shape index (κ2) is 9.97. The molecule has 0 spiro atoms. The molecule has 0 amide bonds. The minimum atomic E-state index is 0. The number of hydrogen-bond acceptors (Lipinski definition) is 3. The summed E-state index contributed by atoms with van der Waals surface area (Å²) in [5.74, 6) is 1.93. The summed E-state index contributed by atoms with van der Waals surface area (Å²) < 4.78 is 0. The molecule has 136 valence electrons. The molecule has 0 aromatic carbocycles. The summed E-state index contributed by atoms with van der Waals surface area (Å²) in [7, 11) is 0. The van der Waals surface area contributed by atoms with Crippen LogP contribution in [0.25, 0.3) is 0 Å².